The first-order valence-corrected chi connectivity index (χ1v) is 11.1. The molecule has 3 rings (SSSR count). The minimum atomic E-state index is -4.05. The van der Waals surface area contributed by atoms with Gasteiger partial charge in [-0.1, -0.05) is 0 Å². The Morgan fingerprint density at radius 2 is 2.06 bits per heavy atom. The van der Waals surface area contributed by atoms with Crippen molar-refractivity contribution in [2.24, 2.45) is 0 Å². The highest BCUT2D eigenvalue weighted by Crippen LogP contribution is 2.39. The minimum Gasteiger partial charge on any atom is -0.484 e. The standard InChI is InChI=1S/C19H25N5O6S/c1-11(2)24-12(3)18(9-21-24)31(28,29)23-10-15(8-20-13(4)25)30-17-6-5-14(7-16(17)23)22-19(26)27/h5-7,9,11,15,22H,8,10H2,1-4H3,(H,20,25)(H,26,27). The van der Waals surface area contributed by atoms with E-state index in [4.69, 9.17) is 9.84 Å². The molecule has 0 saturated carbocycles. The highest BCUT2D eigenvalue weighted by Gasteiger charge is 2.37. The molecule has 1 unspecified atom stereocenters. The third kappa shape index (κ3) is 4.58. The van der Waals surface area contributed by atoms with Gasteiger partial charge in [-0.15, -0.1) is 0 Å². The SMILES string of the molecule is CC(=O)NCC1CN(S(=O)(=O)c2cnn(C(C)C)c2C)c2cc(NC(=O)O)ccc2O1. The lowest BCUT2D eigenvalue weighted by Crippen LogP contribution is -2.48. The normalized spacial score (nSPS) is 15.9. The summed E-state index contributed by atoms with van der Waals surface area (Å²) in [6.07, 6.45) is -0.601. The first kappa shape index (κ1) is 22.4. The molecule has 0 spiro atoms. The highest BCUT2D eigenvalue weighted by molar-refractivity contribution is 7.92. The fourth-order valence-electron chi connectivity index (χ4n) is 3.40. The van der Waals surface area contributed by atoms with Crippen LogP contribution in [0.15, 0.2) is 29.3 Å². The fraction of sp³-hybridized carbons (Fsp3) is 0.421. The number of amides is 2. The summed E-state index contributed by atoms with van der Waals surface area (Å²) in [5.41, 5.74) is 0.883. The van der Waals surface area contributed by atoms with Gasteiger partial charge in [0.05, 0.1) is 30.7 Å². The number of fused-ring (bicyclic) bond motifs is 1. The zero-order valence-corrected chi connectivity index (χ0v) is 18.4. The first-order chi connectivity index (χ1) is 14.5. The number of nitrogens with one attached hydrogen (secondary N) is 2. The Morgan fingerprint density at radius 1 is 1.35 bits per heavy atom. The van der Waals surface area contributed by atoms with Crippen molar-refractivity contribution < 1.29 is 27.9 Å². The van der Waals surface area contributed by atoms with Crippen molar-refractivity contribution in [2.45, 2.75) is 44.7 Å². The van der Waals surface area contributed by atoms with Gasteiger partial charge in [0, 0.05) is 18.7 Å². The Balaban J connectivity index is 2.07. The summed E-state index contributed by atoms with van der Waals surface area (Å²) in [5.74, 6) is -0.00566. The smallest absolute Gasteiger partial charge is 0.409 e. The summed E-state index contributed by atoms with van der Waals surface area (Å²) in [4.78, 5) is 22.4. The molecule has 1 aromatic heterocycles. The van der Waals surface area contributed by atoms with Crippen LogP contribution < -0.4 is 19.7 Å². The molecular formula is C19H25N5O6S. The molecule has 0 saturated heterocycles. The zero-order chi connectivity index (χ0) is 22.9. The Kier molecular flexibility index (Phi) is 6.11. The van der Waals surface area contributed by atoms with Crippen LogP contribution in [0.5, 0.6) is 5.75 Å². The number of aromatic nitrogens is 2. The second-order valence-electron chi connectivity index (χ2n) is 7.46. The summed E-state index contributed by atoms with van der Waals surface area (Å²) in [6, 6.07) is 4.34. The van der Waals surface area contributed by atoms with Crippen molar-refractivity contribution in [3.05, 3.63) is 30.1 Å². The third-order valence-electron chi connectivity index (χ3n) is 4.78. The average Bonchev–Trinajstić information content (AvgIpc) is 3.07. The predicted octanol–water partition coefficient (Wildman–Crippen LogP) is 1.95. The van der Waals surface area contributed by atoms with Gasteiger partial charge in [-0.25, -0.2) is 13.2 Å². The van der Waals surface area contributed by atoms with E-state index in [1.165, 1.54) is 35.6 Å². The molecule has 1 aromatic carbocycles. The van der Waals surface area contributed by atoms with E-state index in [0.717, 1.165) is 0 Å². The maximum Gasteiger partial charge on any atom is 0.409 e. The second kappa shape index (κ2) is 8.46. The highest BCUT2D eigenvalue weighted by atomic mass is 32.2. The number of hydrogen-bond donors (Lipinski definition) is 3. The number of carbonyl (C=O) groups excluding carboxylic acids is 1. The van der Waals surface area contributed by atoms with Gasteiger partial charge in [0.25, 0.3) is 10.0 Å². The van der Waals surface area contributed by atoms with Gasteiger partial charge in [0.2, 0.25) is 5.91 Å². The van der Waals surface area contributed by atoms with Crippen LogP contribution in [-0.4, -0.2) is 54.5 Å². The second-order valence-corrected chi connectivity index (χ2v) is 9.29. The Bertz CT molecular complexity index is 1110. The number of hydrogen-bond acceptors (Lipinski definition) is 6. The molecule has 2 aromatic rings. The van der Waals surface area contributed by atoms with Crippen LogP contribution in [0.2, 0.25) is 0 Å². The number of nitrogens with zero attached hydrogens (tertiary/aromatic N) is 3. The van der Waals surface area contributed by atoms with Crippen LogP contribution >= 0.6 is 0 Å². The number of carboxylic acid groups (broad SMARTS) is 1. The molecule has 1 aliphatic rings. The molecule has 0 fully saturated rings. The molecule has 2 heterocycles. The van der Waals surface area contributed by atoms with Crippen molar-refractivity contribution >= 4 is 33.4 Å². The number of carbonyl (C=O) groups is 2. The third-order valence-corrected chi connectivity index (χ3v) is 6.66. The molecule has 12 heteroatoms. The van der Waals surface area contributed by atoms with Crippen molar-refractivity contribution in [3.63, 3.8) is 0 Å². The molecule has 168 valence electrons. The fourth-order valence-corrected chi connectivity index (χ4v) is 5.05. The molecule has 2 amide bonds. The lowest BCUT2D eigenvalue weighted by Gasteiger charge is -2.35. The predicted molar refractivity (Wildman–Crippen MR) is 113 cm³/mol. The van der Waals surface area contributed by atoms with Gasteiger partial charge in [-0.05, 0) is 39.0 Å². The van der Waals surface area contributed by atoms with E-state index < -0.39 is 22.2 Å². The maximum atomic E-state index is 13.6. The van der Waals surface area contributed by atoms with E-state index >= 15 is 0 Å². The largest absolute Gasteiger partial charge is 0.484 e. The van der Waals surface area contributed by atoms with Crippen molar-refractivity contribution in [2.75, 3.05) is 22.7 Å². The number of ether oxygens (including phenoxy) is 1. The topological polar surface area (TPSA) is 143 Å². The Hall–Kier alpha value is -3.28. The van der Waals surface area contributed by atoms with Crippen molar-refractivity contribution in [3.8, 4) is 5.75 Å². The van der Waals surface area contributed by atoms with Crippen LogP contribution in [0.4, 0.5) is 16.2 Å². The lowest BCUT2D eigenvalue weighted by atomic mass is 10.2. The van der Waals surface area contributed by atoms with E-state index in [9.17, 15) is 18.0 Å². The van der Waals surface area contributed by atoms with E-state index in [1.54, 1.807) is 11.6 Å². The van der Waals surface area contributed by atoms with Crippen LogP contribution in [-0.2, 0) is 14.8 Å². The van der Waals surface area contributed by atoms with Crippen molar-refractivity contribution in [1.82, 2.24) is 15.1 Å². The summed E-state index contributed by atoms with van der Waals surface area (Å²) in [7, 11) is -4.05. The van der Waals surface area contributed by atoms with Crippen LogP contribution in [0.25, 0.3) is 0 Å². The Labute approximate surface area is 180 Å². The van der Waals surface area contributed by atoms with Gasteiger partial charge in [0.15, 0.2) is 0 Å². The number of anilines is 2. The summed E-state index contributed by atoms with van der Waals surface area (Å²) in [5, 5.41) is 18.1. The molecule has 0 aliphatic carbocycles. The van der Waals surface area contributed by atoms with Gasteiger partial charge < -0.3 is 15.2 Å². The summed E-state index contributed by atoms with van der Waals surface area (Å²) < 4.78 is 35.9. The van der Waals surface area contributed by atoms with Crippen LogP contribution in [0.1, 0.15) is 32.5 Å². The quantitative estimate of drug-likeness (QED) is 0.609. The summed E-state index contributed by atoms with van der Waals surface area (Å²) in [6.45, 7) is 6.87. The number of benzene rings is 1. The first-order valence-electron chi connectivity index (χ1n) is 9.62. The lowest BCUT2D eigenvalue weighted by molar-refractivity contribution is -0.119. The zero-order valence-electron chi connectivity index (χ0n) is 17.6. The molecule has 11 nitrogen and oxygen atoms in total. The number of sulfonamides is 1. The van der Waals surface area contributed by atoms with E-state index in [-0.39, 0.29) is 47.1 Å². The van der Waals surface area contributed by atoms with Gasteiger partial charge in [0.1, 0.15) is 16.7 Å². The average molecular weight is 452 g/mol. The van der Waals surface area contributed by atoms with Crippen LogP contribution in [0.3, 0.4) is 0 Å². The van der Waals surface area contributed by atoms with Gasteiger partial charge in [-0.2, -0.15) is 5.10 Å². The maximum absolute atomic E-state index is 13.6. The van der Waals surface area contributed by atoms with Gasteiger partial charge >= 0.3 is 6.09 Å². The monoisotopic (exact) mass is 451 g/mol. The molecule has 1 aliphatic heterocycles. The molecule has 0 bridgehead atoms. The number of rotatable bonds is 6. The molecule has 3 N–H and O–H groups in total. The summed E-state index contributed by atoms with van der Waals surface area (Å²) >= 11 is 0. The van der Waals surface area contributed by atoms with E-state index in [0.29, 0.717) is 5.69 Å². The van der Waals surface area contributed by atoms with E-state index in [2.05, 4.69) is 15.7 Å². The van der Waals surface area contributed by atoms with E-state index in [1.807, 2.05) is 13.8 Å². The molecular weight excluding hydrogens is 426 g/mol. The van der Waals surface area contributed by atoms with Crippen molar-refractivity contribution in [1.29, 1.82) is 0 Å². The van der Waals surface area contributed by atoms with Crippen LogP contribution in [0, 0.1) is 6.92 Å². The molecule has 0 radical (unpaired) electrons. The minimum absolute atomic E-state index is 0.0280. The van der Waals surface area contributed by atoms with Gasteiger partial charge in [-0.3, -0.25) is 19.1 Å². The Morgan fingerprint density at radius 3 is 2.65 bits per heavy atom. The molecule has 31 heavy (non-hydrogen) atoms. The molecule has 1 atom stereocenters.